The van der Waals surface area contributed by atoms with E-state index in [1.54, 1.807) is 4.90 Å². The molecule has 2 saturated heterocycles. The average Bonchev–Trinajstić information content (AvgIpc) is 2.93. The van der Waals surface area contributed by atoms with Gasteiger partial charge in [-0.25, -0.2) is 0 Å². The summed E-state index contributed by atoms with van der Waals surface area (Å²) in [6.45, 7) is 4.92. The second-order valence-corrected chi connectivity index (χ2v) is 11.2. The first kappa shape index (κ1) is 30.8. The second kappa shape index (κ2) is 12.4. The number of carboxylic acid groups (broad SMARTS) is 1. The van der Waals surface area contributed by atoms with Crippen molar-refractivity contribution in [2.24, 2.45) is 5.92 Å². The van der Waals surface area contributed by atoms with Gasteiger partial charge in [-0.3, -0.25) is 24.1 Å². The van der Waals surface area contributed by atoms with Gasteiger partial charge < -0.3 is 24.9 Å². The number of aliphatic carboxylic acids is 1. The van der Waals surface area contributed by atoms with Gasteiger partial charge in [0.15, 0.2) is 0 Å². The number of carbonyl (C=O) groups excluding carboxylic acids is 5. The summed E-state index contributed by atoms with van der Waals surface area (Å²) >= 11 is 1.26. The van der Waals surface area contributed by atoms with Gasteiger partial charge in [0.1, 0.15) is 18.0 Å². The summed E-state index contributed by atoms with van der Waals surface area (Å²) in [7, 11) is 0. The van der Waals surface area contributed by atoms with Gasteiger partial charge in [-0.1, -0.05) is 36.4 Å². The van der Waals surface area contributed by atoms with Crippen LogP contribution in [0.3, 0.4) is 0 Å². The van der Waals surface area contributed by atoms with Crippen molar-refractivity contribution in [3.63, 3.8) is 0 Å². The Bertz CT molecular complexity index is 1450. The van der Waals surface area contributed by atoms with Crippen molar-refractivity contribution in [1.29, 1.82) is 0 Å². The zero-order valence-electron chi connectivity index (χ0n) is 23.2. The molecular weight excluding hydrogens is 557 g/mol. The number of amides is 3. The molecule has 0 saturated carbocycles. The van der Waals surface area contributed by atoms with Crippen molar-refractivity contribution in [3.8, 4) is 0 Å². The third-order valence-corrected chi connectivity index (χ3v) is 8.88. The van der Waals surface area contributed by atoms with Crippen molar-refractivity contribution in [1.82, 2.24) is 10.2 Å². The Morgan fingerprint density at radius 2 is 1.73 bits per heavy atom. The molecule has 2 unspecified atom stereocenters. The van der Waals surface area contributed by atoms with Crippen LogP contribution in [0.25, 0.3) is 0 Å². The second-order valence-electron chi connectivity index (χ2n) is 10.1. The molecule has 3 heterocycles. The number of aryl methyl sites for hydroxylation is 2. The number of esters is 1. The number of fused-ring (bicyclic) bond motifs is 1. The van der Waals surface area contributed by atoms with Gasteiger partial charge >= 0.3 is 35.5 Å². The quantitative estimate of drug-likeness (QED) is 0.222. The molecule has 3 amide bonds. The van der Waals surface area contributed by atoms with Crippen LogP contribution in [0.5, 0.6) is 0 Å². The van der Waals surface area contributed by atoms with E-state index in [-0.39, 0.29) is 71.6 Å². The Balaban J connectivity index is 0.00000387. The number of nitrogens with zero attached hydrogens (tertiary/aromatic N) is 2. The van der Waals surface area contributed by atoms with Gasteiger partial charge in [-0.15, -0.1) is 11.8 Å². The van der Waals surface area contributed by atoms with Crippen LogP contribution in [0.2, 0.25) is 0 Å². The van der Waals surface area contributed by atoms with Gasteiger partial charge in [0.2, 0.25) is 11.8 Å². The number of thioether (sulfide) groups is 1. The summed E-state index contributed by atoms with van der Waals surface area (Å²) in [4.78, 5) is 65.2. The molecule has 41 heavy (non-hydrogen) atoms. The largest absolute Gasteiger partial charge is 1.00 e. The van der Waals surface area contributed by atoms with E-state index in [1.807, 2.05) is 62.4 Å². The first-order valence-electron chi connectivity index (χ1n) is 12.8. The maximum atomic E-state index is 13.4. The summed E-state index contributed by atoms with van der Waals surface area (Å²) in [6.07, 6.45) is -0.123. The molecule has 1 N–H and O–H groups in total. The maximum Gasteiger partial charge on any atom is 1.00 e. The van der Waals surface area contributed by atoms with E-state index in [4.69, 9.17) is 4.74 Å². The fourth-order valence-corrected chi connectivity index (χ4v) is 6.67. The van der Waals surface area contributed by atoms with Crippen molar-refractivity contribution in [2.45, 2.75) is 44.6 Å². The maximum absolute atomic E-state index is 13.4. The molecule has 2 fully saturated rings. The molecular formula is C29H28N3NaO7S. The Morgan fingerprint density at radius 3 is 2.37 bits per heavy atom. The SMILES string of the molecule is CC(=O)OCC1=C(C(=O)[O-])N2C(=O)[C@@H](NC(=O)CC3C(=O)N(c4ccc(C)c(C)c4)C3c3ccccc3)[C@H]2SC1.[Na+]. The van der Waals surface area contributed by atoms with Crippen LogP contribution >= 0.6 is 11.8 Å². The van der Waals surface area contributed by atoms with E-state index in [1.165, 1.54) is 18.7 Å². The molecule has 5 rings (SSSR count). The van der Waals surface area contributed by atoms with E-state index in [0.29, 0.717) is 0 Å². The Morgan fingerprint density at radius 1 is 1.02 bits per heavy atom. The third kappa shape index (κ3) is 5.81. The molecule has 0 aromatic heterocycles. The summed E-state index contributed by atoms with van der Waals surface area (Å²) in [5.41, 5.74) is 3.75. The first-order chi connectivity index (χ1) is 19.1. The zero-order chi connectivity index (χ0) is 28.7. The number of β-lactam (4-membered cyclic amide) rings is 2. The predicted octanol–water partition coefficient (Wildman–Crippen LogP) is -1.63. The molecule has 3 aliphatic heterocycles. The fourth-order valence-electron chi connectivity index (χ4n) is 5.35. The van der Waals surface area contributed by atoms with Crippen molar-refractivity contribution < 1.29 is 63.4 Å². The van der Waals surface area contributed by atoms with Gasteiger partial charge in [0.05, 0.1) is 23.6 Å². The van der Waals surface area contributed by atoms with E-state index in [0.717, 1.165) is 27.3 Å². The van der Waals surface area contributed by atoms with E-state index >= 15 is 0 Å². The van der Waals surface area contributed by atoms with E-state index in [2.05, 4.69) is 5.32 Å². The molecule has 0 bridgehead atoms. The molecule has 12 heteroatoms. The molecule has 0 spiro atoms. The topological polar surface area (TPSA) is 136 Å². The smallest absolute Gasteiger partial charge is 0.543 e. The molecule has 0 aliphatic carbocycles. The van der Waals surface area contributed by atoms with Crippen LogP contribution < -0.4 is 44.9 Å². The predicted molar refractivity (Wildman–Crippen MR) is 144 cm³/mol. The summed E-state index contributed by atoms with van der Waals surface area (Å²) in [5, 5.41) is 13.9. The minimum absolute atomic E-state index is 0. The summed E-state index contributed by atoms with van der Waals surface area (Å²) in [6, 6.07) is 14.0. The number of hydrogen-bond donors (Lipinski definition) is 1. The number of carboxylic acids is 1. The number of carbonyl (C=O) groups is 5. The fraction of sp³-hybridized carbons (Fsp3) is 0.345. The molecule has 3 aliphatic rings. The first-order valence-corrected chi connectivity index (χ1v) is 13.9. The normalized spacial score (nSPS) is 23.1. The van der Waals surface area contributed by atoms with Gasteiger partial charge in [0.25, 0.3) is 5.91 Å². The standard InChI is InChI=1S/C29H29N3O7S.Na/c1-15-9-10-20(11-16(15)2)31-24(18-7-5-4-6-8-18)21(26(31)35)12-22(34)30-23-27(36)32-25(29(37)38)19(13-39-17(3)33)14-40-28(23)32;/h4-11,21,23-24,28H,12-14H2,1-3H3,(H,30,34)(H,37,38);/q;+1/p-1/t21?,23-,24?,28-;/m1./s1. The summed E-state index contributed by atoms with van der Waals surface area (Å²) < 4.78 is 4.92. The molecule has 0 radical (unpaired) electrons. The van der Waals surface area contributed by atoms with Crippen LogP contribution in [-0.4, -0.2) is 58.3 Å². The van der Waals surface area contributed by atoms with Gasteiger partial charge in [0, 0.05) is 30.4 Å². The Hall–Kier alpha value is -3.12. The zero-order valence-corrected chi connectivity index (χ0v) is 26.0. The molecule has 2 aromatic carbocycles. The van der Waals surface area contributed by atoms with E-state index < -0.39 is 41.1 Å². The minimum atomic E-state index is -1.55. The number of benzene rings is 2. The van der Waals surface area contributed by atoms with Crippen LogP contribution in [0.4, 0.5) is 5.69 Å². The molecule has 10 nitrogen and oxygen atoms in total. The molecule has 2 aromatic rings. The van der Waals surface area contributed by atoms with Crippen molar-refractivity contribution >= 4 is 47.1 Å². The number of rotatable bonds is 8. The number of hydrogen-bond acceptors (Lipinski definition) is 8. The monoisotopic (exact) mass is 585 g/mol. The Labute approximate surface area is 263 Å². The number of anilines is 1. The van der Waals surface area contributed by atoms with Crippen molar-refractivity contribution in [2.75, 3.05) is 17.3 Å². The molecule has 208 valence electrons. The number of nitrogens with one attached hydrogen (secondary N) is 1. The van der Waals surface area contributed by atoms with Crippen LogP contribution in [0.1, 0.15) is 36.1 Å². The average molecular weight is 586 g/mol. The van der Waals surface area contributed by atoms with Crippen LogP contribution in [-0.2, 0) is 28.7 Å². The van der Waals surface area contributed by atoms with Crippen molar-refractivity contribution in [3.05, 3.63) is 76.5 Å². The van der Waals surface area contributed by atoms with Gasteiger partial charge in [-0.2, -0.15) is 0 Å². The van der Waals surface area contributed by atoms with Crippen LogP contribution in [0.15, 0.2) is 59.8 Å². The minimum Gasteiger partial charge on any atom is -0.543 e. The summed E-state index contributed by atoms with van der Waals surface area (Å²) in [5.74, 6) is -3.81. The van der Waals surface area contributed by atoms with E-state index in [9.17, 15) is 29.1 Å². The third-order valence-electron chi connectivity index (χ3n) is 7.54. The molecule has 4 atom stereocenters. The Kier molecular flexibility index (Phi) is 9.32. The number of ether oxygens (including phenoxy) is 1. The van der Waals surface area contributed by atoms with Crippen LogP contribution in [0, 0.1) is 19.8 Å². The van der Waals surface area contributed by atoms with Gasteiger partial charge in [-0.05, 0) is 42.7 Å².